The topological polar surface area (TPSA) is 26.3 Å². The second-order valence-corrected chi connectivity index (χ2v) is 6.03. The first-order valence-corrected chi connectivity index (χ1v) is 7.33. The molecule has 0 N–H and O–H groups in total. The number of Topliss-reactive ketones (excluding diaryl/α,β-unsaturated/α-hetero) is 1. The molecule has 1 aliphatic carbocycles. The molecule has 1 aromatic rings. The molecule has 1 aromatic carbocycles. The molecular formula is C15H19BrO2. The van der Waals surface area contributed by atoms with Crippen molar-refractivity contribution in [1.82, 2.24) is 0 Å². The second kappa shape index (κ2) is 5.43. The highest BCUT2D eigenvalue weighted by atomic mass is 79.9. The average molecular weight is 311 g/mol. The number of hydrogen-bond donors (Lipinski definition) is 0. The van der Waals surface area contributed by atoms with Crippen LogP contribution in [-0.4, -0.2) is 12.4 Å². The second-order valence-electron chi connectivity index (χ2n) is 5.18. The van der Waals surface area contributed by atoms with Crippen molar-refractivity contribution >= 4 is 21.7 Å². The van der Waals surface area contributed by atoms with E-state index >= 15 is 0 Å². The van der Waals surface area contributed by atoms with Gasteiger partial charge in [-0.25, -0.2) is 0 Å². The van der Waals surface area contributed by atoms with E-state index in [0.29, 0.717) is 6.61 Å². The Bertz CT molecular complexity index is 448. The number of rotatable bonds is 4. The smallest absolute Gasteiger partial charge is 0.168 e. The van der Waals surface area contributed by atoms with Crippen molar-refractivity contribution < 1.29 is 9.53 Å². The number of benzene rings is 1. The lowest BCUT2D eigenvalue weighted by atomic mass is 9.81. The van der Waals surface area contributed by atoms with Crippen LogP contribution in [-0.2, 0) is 0 Å². The van der Waals surface area contributed by atoms with Gasteiger partial charge < -0.3 is 4.74 Å². The average Bonchev–Trinajstić information content (AvgIpc) is 2.79. The maximum absolute atomic E-state index is 12.5. The first-order chi connectivity index (χ1) is 8.57. The van der Waals surface area contributed by atoms with Crippen molar-refractivity contribution in [3.63, 3.8) is 0 Å². The molecule has 0 amide bonds. The maximum Gasteiger partial charge on any atom is 0.168 e. The van der Waals surface area contributed by atoms with Crippen molar-refractivity contribution in [2.45, 2.75) is 39.5 Å². The van der Waals surface area contributed by atoms with Gasteiger partial charge in [-0.3, -0.25) is 4.79 Å². The van der Waals surface area contributed by atoms with Gasteiger partial charge in [0.25, 0.3) is 0 Å². The molecule has 0 aromatic heterocycles. The summed E-state index contributed by atoms with van der Waals surface area (Å²) in [5, 5.41) is 0. The van der Waals surface area contributed by atoms with E-state index in [4.69, 9.17) is 4.74 Å². The van der Waals surface area contributed by atoms with Crippen molar-refractivity contribution in [3.8, 4) is 5.75 Å². The van der Waals surface area contributed by atoms with E-state index in [1.807, 2.05) is 25.1 Å². The van der Waals surface area contributed by atoms with Gasteiger partial charge in [-0.1, -0.05) is 19.8 Å². The maximum atomic E-state index is 12.5. The molecule has 0 bridgehead atoms. The standard InChI is InChI=1S/C15H19BrO2/c1-3-18-13-7-6-11(10-12(13)16)14(17)15(2)8-4-5-9-15/h6-7,10H,3-5,8-9H2,1-2H3. The van der Waals surface area contributed by atoms with Gasteiger partial charge in [0.15, 0.2) is 5.78 Å². The highest BCUT2D eigenvalue weighted by molar-refractivity contribution is 9.10. The minimum Gasteiger partial charge on any atom is -0.493 e. The third-order valence-electron chi connectivity index (χ3n) is 3.75. The Morgan fingerprint density at radius 2 is 2.06 bits per heavy atom. The van der Waals surface area contributed by atoms with Crippen LogP contribution in [0.2, 0.25) is 0 Å². The summed E-state index contributed by atoms with van der Waals surface area (Å²) in [6.45, 7) is 4.67. The van der Waals surface area contributed by atoms with Gasteiger partial charge in [0.05, 0.1) is 11.1 Å². The van der Waals surface area contributed by atoms with Crippen LogP contribution in [0.15, 0.2) is 22.7 Å². The number of carbonyl (C=O) groups excluding carboxylic acids is 1. The molecule has 2 nitrogen and oxygen atoms in total. The van der Waals surface area contributed by atoms with Crippen LogP contribution in [0.4, 0.5) is 0 Å². The van der Waals surface area contributed by atoms with Crippen LogP contribution in [0, 0.1) is 5.41 Å². The number of ether oxygens (including phenoxy) is 1. The molecule has 18 heavy (non-hydrogen) atoms. The lowest BCUT2D eigenvalue weighted by molar-refractivity contribution is 0.0823. The van der Waals surface area contributed by atoms with Crippen LogP contribution in [0.25, 0.3) is 0 Å². The zero-order chi connectivity index (χ0) is 13.2. The lowest BCUT2D eigenvalue weighted by Gasteiger charge is -2.22. The van der Waals surface area contributed by atoms with Gasteiger partial charge in [-0.15, -0.1) is 0 Å². The Morgan fingerprint density at radius 1 is 1.39 bits per heavy atom. The minimum atomic E-state index is -0.160. The Balaban J connectivity index is 2.23. The zero-order valence-electron chi connectivity index (χ0n) is 11.0. The Hall–Kier alpha value is -0.830. The fourth-order valence-electron chi connectivity index (χ4n) is 2.65. The van der Waals surface area contributed by atoms with Gasteiger partial charge in [0, 0.05) is 11.0 Å². The van der Waals surface area contributed by atoms with Crippen LogP contribution in [0.1, 0.15) is 49.9 Å². The fraction of sp³-hybridized carbons (Fsp3) is 0.533. The van der Waals surface area contributed by atoms with E-state index in [1.54, 1.807) is 0 Å². The van der Waals surface area contributed by atoms with Gasteiger partial charge in [0.2, 0.25) is 0 Å². The molecule has 0 saturated heterocycles. The van der Waals surface area contributed by atoms with E-state index < -0.39 is 0 Å². The number of ketones is 1. The van der Waals surface area contributed by atoms with E-state index in [2.05, 4.69) is 22.9 Å². The fourth-order valence-corrected chi connectivity index (χ4v) is 3.14. The summed E-state index contributed by atoms with van der Waals surface area (Å²) in [7, 11) is 0. The van der Waals surface area contributed by atoms with Crippen LogP contribution >= 0.6 is 15.9 Å². The van der Waals surface area contributed by atoms with E-state index in [-0.39, 0.29) is 11.2 Å². The monoisotopic (exact) mass is 310 g/mol. The summed E-state index contributed by atoms with van der Waals surface area (Å²) < 4.78 is 6.32. The number of hydrogen-bond acceptors (Lipinski definition) is 2. The van der Waals surface area contributed by atoms with Crippen molar-refractivity contribution in [1.29, 1.82) is 0 Å². The summed E-state index contributed by atoms with van der Waals surface area (Å²) >= 11 is 3.47. The molecule has 1 saturated carbocycles. The minimum absolute atomic E-state index is 0.160. The van der Waals surface area contributed by atoms with Gasteiger partial charge >= 0.3 is 0 Å². The lowest BCUT2D eigenvalue weighted by Crippen LogP contribution is -2.24. The molecule has 98 valence electrons. The number of carbonyl (C=O) groups is 1. The Morgan fingerprint density at radius 3 is 2.61 bits per heavy atom. The normalized spacial score (nSPS) is 17.7. The first-order valence-electron chi connectivity index (χ1n) is 6.54. The number of halogens is 1. The molecule has 1 fully saturated rings. The quantitative estimate of drug-likeness (QED) is 0.759. The summed E-state index contributed by atoms with van der Waals surface area (Å²) in [6, 6.07) is 5.64. The molecule has 0 aliphatic heterocycles. The predicted octanol–water partition coefficient (Wildman–Crippen LogP) is 4.61. The third kappa shape index (κ3) is 2.61. The largest absolute Gasteiger partial charge is 0.493 e. The van der Waals surface area contributed by atoms with Crippen molar-refractivity contribution in [2.24, 2.45) is 5.41 Å². The van der Waals surface area contributed by atoms with Crippen LogP contribution < -0.4 is 4.74 Å². The molecule has 1 aliphatic rings. The molecule has 0 unspecified atom stereocenters. The SMILES string of the molecule is CCOc1ccc(C(=O)C2(C)CCCC2)cc1Br. The van der Waals surface area contributed by atoms with Crippen LogP contribution in [0.3, 0.4) is 0 Å². The van der Waals surface area contributed by atoms with E-state index in [1.165, 1.54) is 12.8 Å². The van der Waals surface area contributed by atoms with E-state index in [0.717, 1.165) is 28.6 Å². The summed E-state index contributed by atoms with van der Waals surface area (Å²) in [5.74, 6) is 1.06. The molecule has 0 spiro atoms. The van der Waals surface area contributed by atoms with E-state index in [9.17, 15) is 4.79 Å². The van der Waals surface area contributed by atoms with Crippen LogP contribution in [0.5, 0.6) is 5.75 Å². The molecular weight excluding hydrogens is 292 g/mol. The predicted molar refractivity (Wildman–Crippen MR) is 76.2 cm³/mol. The molecule has 2 rings (SSSR count). The molecule has 0 radical (unpaired) electrons. The molecule has 3 heteroatoms. The van der Waals surface area contributed by atoms with Crippen molar-refractivity contribution in [3.05, 3.63) is 28.2 Å². The summed E-state index contributed by atoms with van der Waals surface area (Å²) in [4.78, 5) is 12.5. The molecule has 0 heterocycles. The Labute approximate surface area is 117 Å². The zero-order valence-corrected chi connectivity index (χ0v) is 12.5. The van der Waals surface area contributed by atoms with Gasteiger partial charge in [-0.2, -0.15) is 0 Å². The molecule has 0 atom stereocenters. The van der Waals surface area contributed by atoms with Crippen molar-refractivity contribution in [2.75, 3.05) is 6.61 Å². The van der Waals surface area contributed by atoms with Gasteiger partial charge in [0.1, 0.15) is 5.75 Å². The first kappa shape index (κ1) is 13.6. The summed E-state index contributed by atoms with van der Waals surface area (Å²) in [5.41, 5.74) is 0.627. The summed E-state index contributed by atoms with van der Waals surface area (Å²) in [6.07, 6.45) is 4.36. The highest BCUT2D eigenvalue weighted by Gasteiger charge is 2.36. The van der Waals surface area contributed by atoms with Gasteiger partial charge in [-0.05, 0) is 53.9 Å². The highest BCUT2D eigenvalue weighted by Crippen LogP contribution is 2.41. The Kier molecular flexibility index (Phi) is 4.10. The third-order valence-corrected chi connectivity index (χ3v) is 4.37.